The Kier molecular flexibility index (Phi) is 5.97. The van der Waals surface area contributed by atoms with E-state index < -0.39 is 0 Å². The van der Waals surface area contributed by atoms with Crippen molar-refractivity contribution in [3.63, 3.8) is 0 Å². The molecule has 2 aromatic rings. The molecule has 0 aromatic heterocycles. The number of thioether (sulfide) groups is 1. The summed E-state index contributed by atoms with van der Waals surface area (Å²) >= 11 is 16.6. The van der Waals surface area contributed by atoms with E-state index in [4.69, 9.17) is 27.9 Å². The van der Waals surface area contributed by atoms with Gasteiger partial charge < -0.3 is 4.74 Å². The molecule has 8 heteroatoms. The molecule has 0 aliphatic carbocycles. The van der Waals surface area contributed by atoms with Gasteiger partial charge in [-0.25, -0.2) is 0 Å². The van der Waals surface area contributed by atoms with Crippen LogP contribution >= 0.6 is 50.9 Å². The predicted octanol–water partition coefficient (Wildman–Crippen LogP) is 6.00. The number of carbonyl (C=O) groups excluding carboxylic acids is 2. The van der Waals surface area contributed by atoms with E-state index >= 15 is 0 Å². The van der Waals surface area contributed by atoms with Crippen LogP contribution in [0.5, 0.6) is 5.75 Å². The first-order chi connectivity index (χ1) is 12.4. The minimum atomic E-state index is -0.348. The van der Waals surface area contributed by atoms with Gasteiger partial charge in [-0.1, -0.05) is 57.3 Å². The number of rotatable bonds is 4. The molecule has 134 valence electrons. The highest BCUT2D eigenvalue weighted by atomic mass is 79.9. The second-order valence-corrected chi connectivity index (χ2v) is 8.04. The summed E-state index contributed by atoms with van der Waals surface area (Å²) in [6.45, 7) is 0.202. The number of methoxy groups -OCH3 is 1. The van der Waals surface area contributed by atoms with Gasteiger partial charge >= 0.3 is 0 Å². The molecular formula is C18H12BrCl2NO3S. The first-order valence-electron chi connectivity index (χ1n) is 7.42. The van der Waals surface area contributed by atoms with Gasteiger partial charge in [0.05, 0.1) is 28.6 Å². The molecule has 1 aliphatic heterocycles. The smallest absolute Gasteiger partial charge is 0.293 e. The number of hydrogen-bond donors (Lipinski definition) is 0. The van der Waals surface area contributed by atoms with Crippen LogP contribution in [0.3, 0.4) is 0 Å². The molecule has 1 aliphatic rings. The first kappa shape index (κ1) is 19.3. The maximum atomic E-state index is 12.6. The zero-order valence-electron chi connectivity index (χ0n) is 13.5. The lowest BCUT2D eigenvalue weighted by Crippen LogP contribution is -2.27. The fourth-order valence-electron chi connectivity index (χ4n) is 2.44. The molecule has 1 heterocycles. The Bertz CT molecular complexity index is 909. The van der Waals surface area contributed by atoms with Crippen LogP contribution in [0.15, 0.2) is 45.8 Å². The number of hydrogen-bond acceptors (Lipinski definition) is 4. The van der Waals surface area contributed by atoms with Crippen molar-refractivity contribution in [3.8, 4) is 5.75 Å². The first-order valence-corrected chi connectivity index (χ1v) is 9.79. The molecule has 0 spiro atoms. The monoisotopic (exact) mass is 471 g/mol. The molecule has 4 nitrogen and oxygen atoms in total. The summed E-state index contributed by atoms with van der Waals surface area (Å²) in [6.07, 6.45) is 1.60. The van der Waals surface area contributed by atoms with E-state index in [0.717, 1.165) is 21.8 Å². The van der Waals surface area contributed by atoms with Gasteiger partial charge in [0.1, 0.15) is 0 Å². The molecule has 26 heavy (non-hydrogen) atoms. The Labute approximate surface area is 173 Å². The summed E-state index contributed by atoms with van der Waals surface area (Å²) in [4.78, 5) is 26.4. The molecule has 1 fully saturated rings. The van der Waals surface area contributed by atoms with E-state index in [9.17, 15) is 9.59 Å². The van der Waals surface area contributed by atoms with Gasteiger partial charge in [0, 0.05) is 4.47 Å². The third kappa shape index (κ3) is 3.93. The zero-order valence-corrected chi connectivity index (χ0v) is 17.4. The molecule has 0 bridgehead atoms. The molecule has 0 N–H and O–H groups in total. The summed E-state index contributed by atoms with van der Waals surface area (Å²) in [5.74, 6) is 0.0198. The number of nitrogens with zero attached hydrogens (tertiary/aromatic N) is 1. The lowest BCUT2D eigenvalue weighted by molar-refractivity contribution is -0.123. The fourth-order valence-corrected chi connectivity index (χ4v) is 4.35. The molecule has 3 rings (SSSR count). The average molecular weight is 473 g/mol. The number of carbonyl (C=O) groups is 2. The maximum absolute atomic E-state index is 12.6. The molecule has 0 unspecified atom stereocenters. The van der Waals surface area contributed by atoms with Gasteiger partial charge in [0.2, 0.25) is 0 Å². The van der Waals surface area contributed by atoms with Crippen molar-refractivity contribution in [2.45, 2.75) is 6.54 Å². The lowest BCUT2D eigenvalue weighted by atomic mass is 10.2. The Morgan fingerprint density at radius 1 is 1.19 bits per heavy atom. The van der Waals surface area contributed by atoms with Gasteiger partial charge in [-0.2, -0.15) is 0 Å². The number of benzene rings is 2. The van der Waals surface area contributed by atoms with Crippen LogP contribution in [0.2, 0.25) is 10.0 Å². The number of ether oxygens (including phenoxy) is 1. The molecule has 0 atom stereocenters. The Balaban J connectivity index is 1.87. The molecular weight excluding hydrogens is 461 g/mol. The van der Waals surface area contributed by atoms with Gasteiger partial charge in [0.25, 0.3) is 11.1 Å². The minimum absolute atomic E-state index is 0.202. The van der Waals surface area contributed by atoms with E-state index in [-0.39, 0.29) is 17.7 Å². The molecule has 0 saturated carbocycles. The number of amides is 2. The van der Waals surface area contributed by atoms with E-state index in [1.54, 1.807) is 18.2 Å². The van der Waals surface area contributed by atoms with E-state index in [1.807, 2.05) is 24.3 Å². The summed E-state index contributed by atoms with van der Waals surface area (Å²) in [5, 5.41) is 0.347. The van der Waals surface area contributed by atoms with Crippen LogP contribution in [0.25, 0.3) is 6.08 Å². The largest absolute Gasteiger partial charge is 0.494 e. The van der Waals surface area contributed by atoms with Crippen LogP contribution in [0, 0.1) is 0 Å². The quantitative estimate of drug-likeness (QED) is 0.512. The van der Waals surface area contributed by atoms with Crippen LogP contribution in [0.4, 0.5) is 4.79 Å². The maximum Gasteiger partial charge on any atom is 0.293 e. The van der Waals surface area contributed by atoms with Gasteiger partial charge in [-0.15, -0.1) is 0 Å². The Morgan fingerprint density at radius 3 is 2.46 bits per heavy atom. The standard InChI is InChI=1S/C18H12BrCl2NO3S/c1-25-16-13(20)6-10(7-14(16)21)8-15-17(23)22(18(24)26-15)9-11-4-2-3-5-12(11)19/h2-8H,9H2,1H3/b15-8-. The second kappa shape index (κ2) is 8.05. The van der Waals surface area contributed by atoms with Crippen molar-refractivity contribution in [1.29, 1.82) is 0 Å². The van der Waals surface area contributed by atoms with Crippen molar-refractivity contribution in [2.75, 3.05) is 7.11 Å². The second-order valence-electron chi connectivity index (χ2n) is 5.38. The van der Waals surface area contributed by atoms with Crippen LogP contribution in [0.1, 0.15) is 11.1 Å². The average Bonchev–Trinajstić information content (AvgIpc) is 2.84. The van der Waals surface area contributed by atoms with Crippen LogP contribution in [-0.4, -0.2) is 23.2 Å². The Morgan fingerprint density at radius 2 is 1.85 bits per heavy atom. The summed E-state index contributed by atoms with van der Waals surface area (Å²) in [7, 11) is 1.47. The highest BCUT2D eigenvalue weighted by Gasteiger charge is 2.35. The molecule has 0 radical (unpaired) electrons. The zero-order chi connectivity index (χ0) is 18.8. The van der Waals surface area contributed by atoms with E-state index in [2.05, 4.69) is 15.9 Å². The molecule has 2 aromatic carbocycles. The lowest BCUT2D eigenvalue weighted by Gasteiger charge is -2.13. The van der Waals surface area contributed by atoms with Crippen molar-refractivity contribution in [1.82, 2.24) is 4.90 Å². The highest BCUT2D eigenvalue weighted by molar-refractivity contribution is 9.10. The summed E-state index contributed by atoms with van der Waals surface area (Å²) < 4.78 is 5.95. The number of imide groups is 1. The van der Waals surface area contributed by atoms with Crippen molar-refractivity contribution in [2.24, 2.45) is 0 Å². The molecule has 1 saturated heterocycles. The fraction of sp³-hybridized carbons (Fsp3) is 0.111. The number of halogens is 3. The molecule has 2 amide bonds. The van der Waals surface area contributed by atoms with Crippen LogP contribution in [-0.2, 0) is 11.3 Å². The van der Waals surface area contributed by atoms with E-state index in [0.29, 0.717) is 26.3 Å². The van der Waals surface area contributed by atoms with Crippen LogP contribution < -0.4 is 4.74 Å². The predicted molar refractivity (Wildman–Crippen MR) is 109 cm³/mol. The topological polar surface area (TPSA) is 46.6 Å². The third-order valence-electron chi connectivity index (χ3n) is 3.68. The van der Waals surface area contributed by atoms with E-state index in [1.165, 1.54) is 12.0 Å². The van der Waals surface area contributed by atoms with Crippen molar-refractivity contribution in [3.05, 3.63) is 66.9 Å². The van der Waals surface area contributed by atoms with Gasteiger partial charge in [-0.3, -0.25) is 14.5 Å². The SMILES string of the molecule is COc1c(Cl)cc(/C=C2\SC(=O)N(Cc3ccccc3Br)C2=O)cc1Cl. The summed E-state index contributed by atoms with van der Waals surface area (Å²) in [6, 6.07) is 10.7. The highest BCUT2D eigenvalue weighted by Crippen LogP contribution is 2.37. The van der Waals surface area contributed by atoms with Gasteiger partial charge in [-0.05, 0) is 47.2 Å². The minimum Gasteiger partial charge on any atom is -0.494 e. The Hall–Kier alpha value is -1.47. The third-order valence-corrected chi connectivity index (χ3v) is 5.92. The van der Waals surface area contributed by atoms with Crippen molar-refractivity contribution < 1.29 is 14.3 Å². The summed E-state index contributed by atoms with van der Waals surface area (Å²) in [5.41, 5.74) is 1.47. The van der Waals surface area contributed by atoms with Crippen molar-refractivity contribution >= 4 is 68.1 Å². The van der Waals surface area contributed by atoms with Gasteiger partial charge in [0.15, 0.2) is 5.75 Å². The normalized spacial score (nSPS) is 15.8.